The third-order valence-electron chi connectivity index (χ3n) is 1.96. The summed E-state index contributed by atoms with van der Waals surface area (Å²) in [5.74, 6) is 0. The predicted octanol–water partition coefficient (Wildman–Crippen LogP) is 2.64. The van der Waals surface area contributed by atoms with E-state index in [1.54, 1.807) is 0 Å². The van der Waals surface area contributed by atoms with E-state index in [0.717, 1.165) is 18.6 Å². The first-order valence-electron chi connectivity index (χ1n) is 4.59. The van der Waals surface area contributed by atoms with Gasteiger partial charge in [0, 0.05) is 0 Å². The summed E-state index contributed by atoms with van der Waals surface area (Å²) in [7, 11) is 0. The first kappa shape index (κ1) is 9.43. The number of hydrogen-bond acceptors (Lipinski definition) is 2. The highest BCUT2D eigenvalue weighted by atomic mass is 15.0. The lowest BCUT2D eigenvalue weighted by Crippen LogP contribution is -2.28. The van der Waals surface area contributed by atoms with Crippen molar-refractivity contribution >= 4 is 11.4 Å². The Labute approximate surface area is 74.8 Å². The lowest BCUT2D eigenvalue weighted by Gasteiger charge is -2.24. The zero-order valence-electron chi connectivity index (χ0n) is 8.39. The van der Waals surface area contributed by atoms with Crippen molar-refractivity contribution in [1.29, 1.82) is 0 Å². The van der Waals surface area contributed by atoms with Crippen molar-refractivity contribution in [2.24, 2.45) is 9.98 Å². The third kappa shape index (κ3) is 1.93. The van der Waals surface area contributed by atoms with Crippen LogP contribution in [0.15, 0.2) is 9.98 Å². The average Bonchev–Trinajstić information content (AvgIpc) is 2.03. The predicted molar refractivity (Wildman–Crippen MR) is 53.8 cm³/mol. The fraction of sp³-hybridized carbons (Fsp3) is 0.700. The smallest absolute Gasteiger partial charge is 0.0996 e. The molecule has 0 aromatic rings. The Morgan fingerprint density at radius 3 is 2.25 bits per heavy atom. The summed E-state index contributed by atoms with van der Waals surface area (Å²) < 4.78 is 0. The van der Waals surface area contributed by atoms with E-state index in [9.17, 15) is 0 Å². The Hall–Kier alpha value is -0.660. The molecule has 1 aliphatic rings. The molecule has 1 heterocycles. The maximum atomic E-state index is 4.62. The second-order valence-electron chi connectivity index (χ2n) is 3.62. The van der Waals surface area contributed by atoms with E-state index in [-0.39, 0.29) is 5.54 Å². The molecule has 0 spiro atoms. The summed E-state index contributed by atoms with van der Waals surface area (Å²) >= 11 is 0. The average molecular weight is 165 g/mol. The largest absolute Gasteiger partial charge is 0.280 e. The molecule has 0 unspecified atom stereocenters. The van der Waals surface area contributed by atoms with Crippen LogP contribution < -0.4 is 0 Å². The lowest BCUT2D eigenvalue weighted by atomic mass is 10.0. The van der Waals surface area contributed by atoms with Gasteiger partial charge in [-0.2, -0.15) is 0 Å². The Morgan fingerprint density at radius 1 is 1.17 bits per heavy atom. The Balaban J connectivity index is 2.86. The van der Waals surface area contributed by atoms with Crippen molar-refractivity contribution in [1.82, 2.24) is 0 Å². The monoisotopic (exact) mass is 165 g/mol. The SMILES string of the molecule is CCC1=N[CH]C(C)(C)N=C1CC. The fourth-order valence-corrected chi connectivity index (χ4v) is 1.33. The maximum Gasteiger partial charge on any atom is 0.0996 e. The minimum Gasteiger partial charge on any atom is -0.280 e. The van der Waals surface area contributed by atoms with E-state index in [4.69, 9.17) is 0 Å². The molecule has 0 N–H and O–H groups in total. The molecule has 2 nitrogen and oxygen atoms in total. The van der Waals surface area contributed by atoms with Crippen LogP contribution in [0.2, 0.25) is 0 Å². The Bertz CT molecular complexity index is 224. The highest BCUT2D eigenvalue weighted by Crippen LogP contribution is 2.20. The van der Waals surface area contributed by atoms with Gasteiger partial charge in [0.15, 0.2) is 0 Å². The van der Waals surface area contributed by atoms with E-state index in [2.05, 4.69) is 37.7 Å². The first-order valence-corrected chi connectivity index (χ1v) is 4.59. The molecule has 0 fully saturated rings. The fourth-order valence-electron chi connectivity index (χ4n) is 1.33. The van der Waals surface area contributed by atoms with E-state index >= 15 is 0 Å². The van der Waals surface area contributed by atoms with Gasteiger partial charge in [-0.3, -0.25) is 9.98 Å². The van der Waals surface area contributed by atoms with Gasteiger partial charge in [-0.15, -0.1) is 0 Å². The van der Waals surface area contributed by atoms with Crippen molar-refractivity contribution in [3.63, 3.8) is 0 Å². The highest BCUT2D eigenvalue weighted by molar-refractivity contribution is 6.42. The summed E-state index contributed by atoms with van der Waals surface area (Å²) in [5.41, 5.74) is 2.23. The van der Waals surface area contributed by atoms with E-state index in [0.29, 0.717) is 0 Å². The van der Waals surface area contributed by atoms with Gasteiger partial charge >= 0.3 is 0 Å². The van der Waals surface area contributed by atoms with Crippen LogP contribution in [0.1, 0.15) is 40.5 Å². The Morgan fingerprint density at radius 2 is 1.75 bits per heavy atom. The topological polar surface area (TPSA) is 24.7 Å². The maximum absolute atomic E-state index is 4.62. The number of aliphatic imine (C=N–C) groups is 2. The second-order valence-corrected chi connectivity index (χ2v) is 3.62. The quantitative estimate of drug-likeness (QED) is 0.601. The molecule has 0 amide bonds. The molecule has 12 heavy (non-hydrogen) atoms. The second kappa shape index (κ2) is 3.38. The van der Waals surface area contributed by atoms with Crippen molar-refractivity contribution in [3.8, 4) is 0 Å². The van der Waals surface area contributed by atoms with Gasteiger partial charge in [0.1, 0.15) is 0 Å². The molecule has 0 saturated heterocycles. The summed E-state index contributed by atoms with van der Waals surface area (Å²) in [6, 6.07) is 0. The van der Waals surface area contributed by atoms with Crippen LogP contribution in [0.4, 0.5) is 0 Å². The molecule has 0 aromatic heterocycles. The number of rotatable bonds is 2. The molecule has 1 rings (SSSR count). The molecule has 1 radical (unpaired) electrons. The van der Waals surface area contributed by atoms with Crippen LogP contribution in [-0.2, 0) is 0 Å². The molecule has 0 aromatic carbocycles. The molecule has 0 atom stereocenters. The molecule has 0 aliphatic carbocycles. The summed E-state index contributed by atoms with van der Waals surface area (Å²) in [5, 5.41) is 0. The van der Waals surface area contributed by atoms with Crippen molar-refractivity contribution in [2.75, 3.05) is 0 Å². The van der Waals surface area contributed by atoms with Crippen LogP contribution in [0.3, 0.4) is 0 Å². The lowest BCUT2D eigenvalue weighted by molar-refractivity contribution is 0.594. The van der Waals surface area contributed by atoms with Gasteiger partial charge in [-0.25, -0.2) is 0 Å². The zero-order chi connectivity index (χ0) is 9.19. The molecular weight excluding hydrogens is 148 g/mol. The Kier molecular flexibility index (Phi) is 2.65. The van der Waals surface area contributed by atoms with Gasteiger partial charge in [0.25, 0.3) is 0 Å². The highest BCUT2D eigenvalue weighted by Gasteiger charge is 2.22. The van der Waals surface area contributed by atoms with E-state index in [1.165, 1.54) is 5.71 Å². The molecule has 1 aliphatic heterocycles. The van der Waals surface area contributed by atoms with Gasteiger partial charge in [-0.1, -0.05) is 13.8 Å². The van der Waals surface area contributed by atoms with Crippen molar-refractivity contribution < 1.29 is 0 Å². The van der Waals surface area contributed by atoms with Crippen molar-refractivity contribution in [3.05, 3.63) is 6.54 Å². The van der Waals surface area contributed by atoms with Crippen LogP contribution in [0, 0.1) is 6.54 Å². The normalized spacial score (nSPS) is 21.7. The van der Waals surface area contributed by atoms with Gasteiger partial charge in [0.05, 0.1) is 23.5 Å². The minimum absolute atomic E-state index is 0.0932. The molecule has 0 saturated carbocycles. The summed E-state index contributed by atoms with van der Waals surface area (Å²) in [6.45, 7) is 10.4. The van der Waals surface area contributed by atoms with Crippen LogP contribution in [-0.4, -0.2) is 17.0 Å². The van der Waals surface area contributed by atoms with Crippen LogP contribution in [0.25, 0.3) is 0 Å². The standard InChI is InChI=1S/C10H17N2/c1-5-8-9(6-2)12-10(3,4)7-11-8/h7H,5-6H2,1-4H3. The van der Waals surface area contributed by atoms with E-state index in [1.807, 2.05) is 6.54 Å². The van der Waals surface area contributed by atoms with Gasteiger partial charge < -0.3 is 0 Å². The minimum atomic E-state index is -0.0932. The van der Waals surface area contributed by atoms with Gasteiger partial charge in [0.2, 0.25) is 0 Å². The molecule has 2 heteroatoms. The number of hydrogen-bond donors (Lipinski definition) is 0. The van der Waals surface area contributed by atoms with Crippen LogP contribution >= 0.6 is 0 Å². The number of nitrogens with zero attached hydrogens (tertiary/aromatic N) is 2. The first-order chi connectivity index (χ1) is 5.59. The molecular formula is C10H17N2. The summed E-state index contributed by atoms with van der Waals surface area (Å²) in [4.78, 5) is 9.03. The van der Waals surface area contributed by atoms with E-state index < -0.39 is 0 Å². The van der Waals surface area contributed by atoms with Gasteiger partial charge in [-0.05, 0) is 26.7 Å². The third-order valence-corrected chi connectivity index (χ3v) is 1.96. The zero-order valence-corrected chi connectivity index (χ0v) is 8.39. The van der Waals surface area contributed by atoms with Crippen molar-refractivity contribution in [2.45, 2.75) is 46.1 Å². The molecule has 67 valence electrons. The summed E-state index contributed by atoms with van der Waals surface area (Å²) in [6.07, 6.45) is 1.98. The molecule has 0 bridgehead atoms. The van der Waals surface area contributed by atoms with Crippen LogP contribution in [0.5, 0.6) is 0 Å².